The van der Waals surface area contributed by atoms with E-state index >= 15 is 0 Å². The van der Waals surface area contributed by atoms with E-state index < -0.39 is 0 Å². The van der Waals surface area contributed by atoms with Crippen LogP contribution in [0.3, 0.4) is 0 Å². The maximum absolute atomic E-state index is 11.5. The molecule has 1 saturated carbocycles. The molecule has 6 heteroatoms. The maximum atomic E-state index is 11.5. The zero-order chi connectivity index (χ0) is 13.8. The minimum atomic E-state index is 0.169. The van der Waals surface area contributed by atoms with Crippen molar-refractivity contribution in [3.63, 3.8) is 0 Å². The number of nitrogens with one attached hydrogen (secondary N) is 2. The monoisotopic (exact) mass is 271 g/mol. The summed E-state index contributed by atoms with van der Waals surface area (Å²) in [5.74, 6) is 2.00. The van der Waals surface area contributed by atoms with Crippen molar-refractivity contribution in [3.8, 4) is 5.82 Å². The van der Waals surface area contributed by atoms with Crippen LogP contribution in [0.1, 0.15) is 12.8 Å². The highest BCUT2D eigenvalue weighted by Crippen LogP contribution is 2.28. The van der Waals surface area contributed by atoms with Gasteiger partial charge in [0, 0.05) is 37.5 Å². The minimum Gasteiger partial charge on any atom is -0.368 e. The van der Waals surface area contributed by atoms with Crippen LogP contribution >= 0.6 is 0 Å². The molecule has 0 atom stereocenters. The number of amides is 1. The van der Waals surface area contributed by atoms with Crippen LogP contribution in [0.25, 0.3) is 5.82 Å². The van der Waals surface area contributed by atoms with Gasteiger partial charge in [-0.05, 0) is 25.0 Å². The van der Waals surface area contributed by atoms with Crippen molar-refractivity contribution in [2.24, 2.45) is 5.92 Å². The second-order valence-corrected chi connectivity index (χ2v) is 4.84. The first kappa shape index (κ1) is 12.7. The molecule has 0 unspecified atom stereocenters. The molecule has 20 heavy (non-hydrogen) atoms. The van der Waals surface area contributed by atoms with E-state index in [0.717, 1.165) is 24.5 Å². The van der Waals surface area contributed by atoms with Crippen LogP contribution in [0.5, 0.6) is 0 Å². The number of hydrogen-bond donors (Lipinski definition) is 2. The Labute approximate surface area is 117 Å². The summed E-state index contributed by atoms with van der Waals surface area (Å²) in [4.78, 5) is 19.8. The van der Waals surface area contributed by atoms with E-state index in [9.17, 15) is 4.79 Å². The quantitative estimate of drug-likeness (QED) is 0.775. The number of carbonyl (C=O) groups excluding carboxylic acids is 1. The second kappa shape index (κ2) is 5.73. The Morgan fingerprint density at radius 2 is 2.05 bits per heavy atom. The Morgan fingerprint density at radius 3 is 2.80 bits per heavy atom. The molecule has 0 spiro atoms. The van der Waals surface area contributed by atoms with E-state index in [1.54, 1.807) is 0 Å². The van der Waals surface area contributed by atoms with E-state index in [1.165, 1.54) is 6.33 Å². The second-order valence-electron chi connectivity index (χ2n) is 4.84. The number of nitrogens with zero attached hydrogens (tertiary/aromatic N) is 3. The smallest absolute Gasteiger partial charge is 0.223 e. The number of carbonyl (C=O) groups is 1. The molecular weight excluding hydrogens is 254 g/mol. The lowest BCUT2D eigenvalue weighted by atomic mass is 10.4. The summed E-state index contributed by atoms with van der Waals surface area (Å²) in [6.07, 6.45) is 7.46. The third kappa shape index (κ3) is 3.14. The fourth-order valence-electron chi connectivity index (χ4n) is 1.94. The Morgan fingerprint density at radius 1 is 1.25 bits per heavy atom. The van der Waals surface area contributed by atoms with E-state index in [1.807, 2.05) is 35.2 Å². The van der Waals surface area contributed by atoms with Crippen LogP contribution in [0.4, 0.5) is 5.82 Å². The summed E-state index contributed by atoms with van der Waals surface area (Å²) in [5, 5.41) is 6.09. The predicted molar refractivity (Wildman–Crippen MR) is 75.6 cm³/mol. The molecule has 0 saturated heterocycles. The predicted octanol–water partition coefficient (Wildman–Crippen LogP) is 1.21. The SMILES string of the molecule is O=C(NCCNc1cc(-n2cccc2)ncn1)C1CC1. The van der Waals surface area contributed by atoms with Crippen molar-refractivity contribution in [2.75, 3.05) is 18.4 Å². The minimum absolute atomic E-state index is 0.169. The molecule has 0 radical (unpaired) electrons. The zero-order valence-corrected chi connectivity index (χ0v) is 11.1. The first-order valence-electron chi connectivity index (χ1n) is 6.80. The van der Waals surface area contributed by atoms with E-state index in [0.29, 0.717) is 13.1 Å². The van der Waals surface area contributed by atoms with Crippen LogP contribution in [0, 0.1) is 5.92 Å². The topological polar surface area (TPSA) is 71.8 Å². The molecule has 6 nitrogen and oxygen atoms in total. The molecule has 1 aliphatic carbocycles. The molecule has 1 fully saturated rings. The Balaban J connectivity index is 1.50. The summed E-state index contributed by atoms with van der Waals surface area (Å²) in [6, 6.07) is 5.77. The van der Waals surface area contributed by atoms with Crippen LogP contribution in [-0.2, 0) is 4.79 Å². The largest absolute Gasteiger partial charge is 0.368 e. The van der Waals surface area contributed by atoms with Gasteiger partial charge in [0.2, 0.25) is 5.91 Å². The Bertz CT molecular complexity index is 577. The van der Waals surface area contributed by atoms with Crippen LogP contribution in [0.2, 0.25) is 0 Å². The lowest BCUT2D eigenvalue weighted by molar-refractivity contribution is -0.122. The fraction of sp³-hybridized carbons (Fsp3) is 0.357. The summed E-state index contributed by atoms with van der Waals surface area (Å²) >= 11 is 0. The van der Waals surface area contributed by atoms with Crippen LogP contribution < -0.4 is 10.6 Å². The molecule has 0 aromatic carbocycles. The molecule has 1 aliphatic rings. The normalized spacial score (nSPS) is 14.0. The molecule has 3 rings (SSSR count). The lowest BCUT2D eigenvalue weighted by Gasteiger charge is -2.08. The van der Waals surface area contributed by atoms with E-state index in [2.05, 4.69) is 20.6 Å². The Kier molecular flexibility index (Phi) is 3.62. The summed E-state index contributed by atoms with van der Waals surface area (Å²) in [6.45, 7) is 1.26. The van der Waals surface area contributed by atoms with Gasteiger partial charge in [-0.25, -0.2) is 9.97 Å². The fourth-order valence-corrected chi connectivity index (χ4v) is 1.94. The maximum Gasteiger partial charge on any atom is 0.223 e. The number of aromatic nitrogens is 3. The Hall–Kier alpha value is -2.37. The average Bonchev–Trinajstić information content (AvgIpc) is 3.19. The molecule has 2 heterocycles. The zero-order valence-electron chi connectivity index (χ0n) is 11.1. The van der Waals surface area contributed by atoms with Gasteiger partial charge in [0.1, 0.15) is 18.0 Å². The molecule has 0 bridgehead atoms. The van der Waals surface area contributed by atoms with Crippen LogP contribution in [-0.4, -0.2) is 33.5 Å². The van der Waals surface area contributed by atoms with Gasteiger partial charge >= 0.3 is 0 Å². The van der Waals surface area contributed by atoms with Crippen LogP contribution in [0.15, 0.2) is 36.9 Å². The van der Waals surface area contributed by atoms with Gasteiger partial charge in [0.15, 0.2) is 0 Å². The average molecular weight is 271 g/mol. The third-order valence-electron chi connectivity index (χ3n) is 3.20. The molecule has 2 N–H and O–H groups in total. The van der Waals surface area contributed by atoms with Crippen molar-refractivity contribution in [1.82, 2.24) is 19.9 Å². The molecule has 0 aliphatic heterocycles. The van der Waals surface area contributed by atoms with E-state index in [-0.39, 0.29) is 11.8 Å². The van der Waals surface area contributed by atoms with Gasteiger partial charge in [0.05, 0.1) is 0 Å². The molecule has 1 amide bonds. The highest BCUT2D eigenvalue weighted by Gasteiger charge is 2.28. The first-order valence-corrected chi connectivity index (χ1v) is 6.80. The lowest BCUT2D eigenvalue weighted by Crippen LogP contribution is -2.29. The molecule has 104 valence electrons. The highest BCUT2D eigenvalue weighted by atomic mass is 16.2. The van der Waals surface area contributed by atoms with E-state index in [4.69, 9.17) is 0 Å². The van der Waals surface area contributed by atoms with Gasteiger partial charge < -0.3 is 15.2 Å². The summed E-state index contributed by atoms with van der Waals surface area (Å²) < 4.78 is 1.92. The van der Waals surface area contributed by atoms with Crippen molar-refractivity contribution in [3.05, 3.63) is 36.9 Å². The van der Waals surface area contributed by atoms with Crippen molar-refractivity contribution >= 4 is 11.7 Å². The van der Waals surface area contributed by atoms with Gasteiger partial charge in [-0.15, -0.1) is 0 Å². The van der Waals surface area contributed by atoms with Crippen molar-refractivity contribution in [2.45, 2.75) is 12.8 Å². The van der Waals surface area contributed by atoms with Gasteiger partial charge in [0.25, 0.3) is 0 Å². The summed E-state index contributed by atoms with van der Waals surface area (Å²) in [5.41, 5.74) is 0. The number of rotatable bonds is 6. The standard InChI is InChI=1S/C14H17N5O/c20-14(11-3-4-11)16-6-5-15-12-9-13(18-10-17-12)19-7-1-2-8-19/h1-2,7-11H,3-6H2,(H,16,20)(H,15,17,18). The van der Waals surface area contributed by atoms with Crippen molar-refractivity contribution < 1.29 is 4.79 Å². The molecule has 2 aromatic rings. The van der Waals surface area contributed by atoms with Crippen molar-refractivity contribution in [1.29, 1.82) is 0 Å². The number of anilines is 1. The third-order valence-corrected chi connectivity index (χ3v) is 3.20. The highest BCUT2D eigenvalue weighted by molar-refractivity contribution is 5.80. The molecular formula is C14H17N5O. The van der Waals surface area contributed by atoms with Gasteiger partial charge in [-0.1, -0.05) is 0 Å². The van der Waals surface area contributed by atoms with Gasteiger partial charge in [-0.3, -0.25) is 4.79 Å². The summed E-state index contributed by atoms with van der Waals surface area (Å²) in [7, 11) is 0. The molecule has 2 aromatic heterocycles. The number of hydrogen-bond acceptors (Lipinski definition) is 4. The van der Waals surface area contributed by atoms with Gasteiger partial charge in [-0.2, -0.15) is 0 Å². The first-order chi connectivity index (χ1) is 9.83.